The largest absolute Gasteiger partial charge is 0.476 e. The summed E-state index contributed by atoms with van der Waals surface area (Å²) < 4.78 is 2.11. The van der Waals surface area contributed by atoms with Gasteiger partial charge >= 0.3 is 11.7 Å². The lowest BCUT2D eigenvalue weighted by atomic mass is 10.4. The summed E-state index contributed by atoms with van der Waals surface area (Å²) in [6.07, 6.45) is 1.12. The average molecular weight is 332 g/mol. The Bertz CT molecular complexity index is 590. The van der Waals surface area contributed by atoms with Gasteiger partial charge in [0.2, 0.25) is 5.69 Å². The third-order valence-electron chi connectivity index (χ3n) is 2.14. The minimum atomic E-state index is -1.41. The fourth-order valence-corrected chi connectivity index (χ4v) is 2.83. The third kappa shape index (κ3) is 2.41. The maximum Gasteiger partial charge on any atom is 0.363 e. The molecule has 18 heavy (non-hydrogen) atoms. The zero-order valence-electron chi connectivity index (χ0n) is 8.74. The highest BCUT2D eigenvalue weighted by Gasteiger charge is 2.25. The molecule has 0 unspecified atom stereocenters. The van der Waals surface area contributed by atoms with Crippen LogP contribution in [0.25, 0.3) is 0 Å². The van der Waals surface area contributed by atoms with Crippen LogP contribution in [0.4, 0.5) is 5.69 Å². The lowest BCUT2D eigenvalue weighted by Crippen LogP contribution is -2.04. The van der Waals surface area contributed by atoms with Crippen LogP contribution in [0.3, 0.4) is 0 Å². The van der Waals surface area contributed by atoms with Gasteiger partial charge in [0.1, 0.15) is 6.20 Å². The van der Waals surface area contributed by atoms with Crippen LogP contribution >= 0.6 is 27.3 Å². The number of carboxylic acids is 1. The molecule has 7 nitrogen and oxygen atoms in total. The number of rotatable bonds is 4. The Balaban J connectivity index is 2.36. The second-order valence-corrected chi connectivity index (χ2v) is 5.17. The fourth-order valence-electron chi connectivity index (χ4n) is 1.36. The molecule has 2 heterocycles. The van der Waals surface area contributed by atoms with E-state index in [-0.39, 0.29) is 6.54 Å². The van der Waals surface area contributed by atoms with E-state index < -0.39 is 22.3 Å². The summed E-state index contributed by atoms with van der Waals surface area (Å²) in [5.41, 5.74) is -1.05. The second-order valence-electron chi connectivity index (χ2n) is 3.31. The molecular formula is C9H6BrN3O4S. The Morgan fingerprint density at radius 1 is 1.67 bits per heavy atom. The number of thiophene rings is 1. The van der Waals surface area contributed by atoms with Crippen LogP contribution in [0, 0.1) is 10.1 Å². The van der Waals surface area contributed by atoms with Crippen LogP contribution in [0.1, 0.15) is 15.4 Å². The molecule has 0 saturated carbocycles. The van der Waals surface area contributed by atoms with Crippen LogP contribution in [0.2, 0.25) is 0 Å². The number of carboxylic acid groups (broad SMARTS) is 1. The van der Waals surface area contributed by atoms with Crippen LogP contribution in [-0.4, -0.2) is 25.8 Å². The molecule has 0 bridgehead atoms. The fraction of sp³-hybridized carbons (Fsp3) is 0.111. The average Bonchev–Trinajstić information content (AvgIpc) is 2.87. The van der Waals surface area contributed by atoms with Gasteiger partial charge in [-0.25, -0.2) is 4.79 Å². The molecule has 0 aromatic carbocycles. The summed E-state index contributed by atoms with van der Waals surface area (Å²) in [6.45, 7) is 0.284. The van der Waals surface area contributed by atoms with Crippen molar-refractivity contribution in [1.82, 2.24) is 9.78 Å². The van der Waals surface area contributed by atoms with E-state index in [1.165, 1.54) is 16.0 Å². The van der Waals surface area contributed by atoms with Crippen molar-refractivity contribution in [1.29, 1.82) is 0 Å². The number of halogens is 1. The minimum absolute atomic E-state index is 0.284. The molecule has 0 amide bonds. The van der Waals surface area contributed by atoms with Gasteiger partial charge in [-0.15, -0.1) is 11.3 Å². The van der Waals surface area contributed by atoms with Crippen molar-refractivity contribution in [3.63, 3.8) is 0 Å². The van der Waals surface area contributed by atoms with Crippen molar-refractivity contribution in [3.05, 3.63) is 42.8 Å². The maximum absolute atomic E-state index is 10.8. The smallest absolute Gasteiger partial charge is 0.363 e. The Morgan fingerprint density at radius 3 is 2.83 bits per heavy atom. The Kier molecular flexibility index (Phi) is 3.43. The molecule has 0 aliphatic heterocycles. The maximum atomic E-state index is 10.8. The van der Waals surface area contributed by atoms with Gasteiger partial charge in [0.15, 0.2) is 0 Å². The quantitative estimate of drug-likeness (QED) is 0.684. The van der Waals surface area contributed by atoms with E-state index >= 15 is 0 Å². The van der Waals surface area contributed by atoms with Crippen LogP contribution in [0.5, 0.6) is 0 Å². The first-order chi connectivity index (χ1) is 8.49. The number of carbonyl (C=O) groups is 1. The first kappa shape index (κ1) is 12.7. The summed E-state index contributed by atoms with van der Waals surface area (Å²) in [4.78, 5) is 21.7. The molecule has 1 N–H and O–H groups in total. The summed E-state index contributed by atoms with van der Waals surface area (Å²) in [5, 5.41) is 25.1. The van der Waals surface area contributed by atoms with Crippen LogP contribution < -0.4 is 0 Å². The van der Waals surface area contributed by atoms with Crippen LogP contribution in [-0.2, 0) is 6.54 Å². The minimum Gasteiger partial charge on any atom is -0.476 e. The van der Waals surface area contributed by atoms with Gasteiger partial charge in [0.25, 0.3) is 0 Å². The van der Waals surface area contributed by atoms with E-state index in [1.807, 2.05) is 11.4 Å². The topological polar surface area (TPSA) is 98.3 Å². The second kappa shape index (κ2) is 4.86. The zero-order valence-corrected chi connectivity index (χ0v) is 11.1. The molecule has 0 aliphatic rings. The monoisotopic (exact) mass is 331 g/mol. The van der Waals surface area contributed by atoms with E-state index in [0.29, 0.717) is 0 Å². The predicted octanol–water partition coefficient (Wildman–Crippen LogP) is 2.36. The lowest BCUT2D eigenvalue weighted by molar-refractivity contribution is -0.385. The number of aromatic nitrogens is 2. The normalized spacial score (nSPS) is 10.5. The van der Waals surface area contributed by atoms with Crippen molar-refractivity contribution < 1.29 is 14.8 Å². The van der Waals surface area contributed by atoms with Crippen molar-refractivity contribution >= 4 is 38.9 Å². The molecule has 0 aliphatic carbocycles. The summed E-state index contributed by atoms with van der Waals surface area (Å²) in [5.74, 6) is -1.41. The number of aromatic carboxylic acids is 1. The molecule has 0 fully saturated rings. The molecular weight excluding hydrogens is 326 g/mol. The molecule has 2 aromatic heterocycles. The van der Waals surface area contributed by atoms with Gasteiger partial charge in [-0.05, 0) is 27.4 Å². The van der Waals surface area contributed by atoms with Gasteiger partial charge in [-0.2, -0.15) is 5.10 Å². The van der Waals surface area contributed by atoms with Gasteiger partial charge in [-0.3, -0.25) is 14.8 Å². The van der Waals surface area contributed by atoms with Crippen molar-refractivity contribution in [3.8, 4) is 0 Å². The highest BCUT2D eigenvalue weighted by Crippen LogP contribution is 2.24. The van der Waals surface area contributed by atoms with E-state index in [2.05, 4.69) is 21.0 Å². The molecule has 2 aromatic rings. The van der Waals surface area contributed by atoms with E-state index in [9.17, 15) is 14.9 Å². The molecule has 0 saturated heterocycles. The molecule has 0 atom stereocenters. The van der Waals surface area contributed by atoms with E-state index in [0.717, 1.165) is 15.5 Å². The zero-order chi connectivity index (χ0) is 13.3. The van der Waals surface area contributed by atoms with Crippen LogP contribution in [0.15, 0.2) is 22.1 Å². The highest BCUT2D eigenvalue weighted by molar-refractivity contribution is 9.10. The molecule has 0 radical (unpaired) electrons. The number of hydrogen-bond acceptors (Lipinski definition) is 5. The Labute approximate surface area is 113 Å². The first-order valence-electron chi connectivity index (χ1n) is 4.66. The SMILES string of the molecule is O=C(O)c1nn(Cc2sccc2Br)cc1[N+](=O)[O-]. The number of nitro groups is 1. The van der Waals surface area contributed by atoms with E-state index in [4.69, 9.17) is 5.11 Å². The number of hydrogen-bond donors (Lipinski definition) is 1. The van der Waals surface area contributed by atoms with Crippen molar-refractivity contribution in [2.24, 2.45) is 0 Å². The van der Waals surface area contributed by atoms with Crippen molar-refractivity contribution in [2.75, 3.05) is 0 Å². The first-order valence-corrected chi connectivity index (χ1v) is 6.33. The Morgan fingerprint density at radius 2 is 2.39 bits per heavy atom. The standard InChI is InChI=1S/C9H6BrN3O4S/c10-5-1-2-18-7(5)4-12-3-6(13(16)17)8(11-12)9(14)15/h1-3H,4H2,(H,14,15). The van der Waals surface area contributed by atoms with Gasteiger partial charge < -0.3 is 5.11 Å². The molecule has 9 heteroatoms. The summed E-state index contributed by atoms with van der Waals surface area (Å²) >= 11 is 4.78. The van der Waals surface area contributed by atoms with Gasteiger partial charge in [0.05, 0.1) is 11.5 Å². The number of nitrogens with zero attached hydrogens (tertiary/aromatic N) is 3. The summed E-state index contributed by atoms with van der Waals surface area (Å²) in [6, 6.07) is 1.84. The van der Waals surface area contributed by atoms with E-state index in [1.54, 1.807) is 0 Å². The molecule has 0 spiro atoms. The molecule has 94 valence electrons. The molecule has 2 rings (SSSR count). The third-order valence-corrected chi connectivity index (χ3v) is 4.05. The van der Waals surface area contributed by atoms with Gasteiger partial charge in [0, 0.05) is 9.35 Å². The highest BCUT2D eigenvalue weighted by atomic mass is 79.9. The van der Waals surface area contributed by atoms with Gasteiger partial charge in [-0.1, -0.05) is 0 Å². The summed E-state index contributed by atoms with van der Waals surface area (Å²) in [7, 11) is 0. The lowest BCUT2D eigenvalue weighted by Gasteiger charge is -1.97. The predicted molar refractivity (Wildman–Crippen MR) is 67.0 cm³/mol. The van der Waals surface area contributed by atoms with Crippen molar-refractivity contribution in [2.45, 2.75) is 6.54 Å². The Hall–Kier alpha value is -1.74.